The van der Waals surface area contributed by atoms with Gasteiger partial charge < -0.3 is 21.3 Å². The molecule has 5 heteroatoms. The molecule has 1 atom stereocenters. The molecule has 1 rings (SSSR count). The third-order valence-corrected chi connectivity index (χ3v) is 2.82. The highest BCUT2D eigenvalue weighted by molar-refractivity contribution is 6.32. The fourth-order valence-corrected chi connectivity index (χ4v) is 1.49. The molecule has 4 nitrogen and oxygen atoms in total. The second-order valence-electron chi connectivity index (χ2n) is 4.54. The van der Waals surface area contributed by atoms with Gasteiger partial charge in [-0.1, -0.05) is 29.7 Å². The van der Waals surface area contributed by atoms with Crippen molar-refractivity contribution >= 4 is 19.0 Å². The topological polar surface area (TPSA) is 90.1 Å². The predicted octanol–water partition coefficient (Wildman–Crippen LogP) is -0.267. The van der Waals surface area contributed by atoms with E-state index in [1.807, 2.05) is 38.4 Å². The van der Waals surface area contributed by atoms with E-state index in [-0.39, 0.29) is 11.0 Å². The molecule has 0 saturated carbocycles. The van der Waals surface area contributed by atoms with Crippen LogP contribution in [0.15, 0.2) is 24.3 Å². The maximum atomic E-state index is 7.95. The van der Waals surface area contributed by atoms with Crippen LogP contribution in [0.3, 0.4) is 0 Å². The van der Waals surface area contributed by atoms with Gasteiger partial charge in [0.2, 0.25) is 0 Å². The molecular formula is C13H23BN2O2. The Morgan fingerprint density at radius 1 is 1.22 bits per heavy atom. The second kappa shape index (κ2) is 8.86. The number of benzene rings is 1. The molecule has 0 aliphatic rings. The van der Waals surface area contributed by atoms with Crippen LogP contribution >= 0.6 is 0 Å². The quantitative estimate of drug-likeness (QED) is 0.565. The van der Waals surface area contributed by atoms with E-state index in [4.69, 9.17) is 13.3 Å². The summed E-state index contributed by atoms with van der Waals surface area (Å²) < 4.78 is 0. The van der Waals surface area contributed by atoms with Crippen LogP contribution < -0.4 is 5.46 Å². The number of rotatable bonds is 5. The summed E-state index contributed by atoms with van der Waals surface area (Å²) in [5, 5.41) is 7.95. The average molecular weight is 250 g/mol. The first-order valence-electron chi connectivity index (χ1n) is 5.56. The Bertz CT molecular complexity index is 353. The van der Waals surface area contributed by atoms with E-state index in [1.54, 1.807) is 0 Å². The molecule has 0 saturated heterocycles. The van der Waals surface area contributed by atoms with Crippen molar-refractivity contribution in [1.29, 1.82) is 5.41 Å². The Morgan fingerprint density at radius 3 is 2.17 bits per heavy atom. The Kier molecular flexibility index (Phi) is 9.44. The third-order valence-electron chi connectivity index (χ3n) is 2.82. The largest absolute Gasteiger partial charge is 0.412 e. The zero-order chi connectivity index (χ0) is 12.1. The molecule has 0 spiro atoms. The van der Waals surface area contributed by atoms with Crippen LogP contribution in [0.1, 0.15) is 18.9 Å². The summed E-state index contributed by atoms with van der Waals surface area (Å²) in [6.07, 6.45) is 1.54. The maximum absolute atomic E-state index is 7.95. The van der Waals surface area contributed by atoms with Gasteiger partial charge in [-0.2, -0.15) is 0 Å². The van der Waals surface area contributed by atoms with Gasteiger partial charge in [0, 0.05) is 24.6 Å². The molecule has 0 bridgehead atoms. The Balaban J connectivity index is 0. The molecule has 0 aliphatic carbocycles. The van der Waals surface area contributed by atoms with Gasteiger partial charge in [0.15, 0.2) is 0 Å². The van der Waals surface area contributed by atoms with Gasteiger partial charge in [0.1, 0.15) is 7.85 Å². The minimum absolute atomic E-state index is 0. The Morgan fingerprint density at radius 2 is 1.72 bits per heavy atom. The van der Waals surface area contributed by atoms with Crippen molar-refractivity contribution in [2.75, 3.05) is 14.1 Å². The predicted molar refractivity (Wildman–Crippen MR) is 78.3 cm³/mol. The standard InChI is InChI=1S/C13H19BN2.2H2O/c1-10(16(2)3)8-13(15)9-11-4-6-12(14)7-5-11;;/h4-7,10,15H,8-9H2,1-3H3;2*1H2/t10-;;/m1../s1. The van der Waals surface area contributed by atoms with E-state index in [9.17, 15) is 0 Å². The van der Waals surface area contributed by atoms with Crippen LogP contribution in [0, 0.1) is 5.41 Å². The van der Waals surface area contributed by atoms with Crippen molar-refractivity contribution in [2.45, 2.75) is 25.8 Å². The van der Waals surface area contributed by atoms with Gasteiger partial charge in [0.25, 0.3) is 0 Å². The number of hydrogen-bond acceptors (Lipinski definition) is 2. The smallest absolute Gasteiger partial charge is 0.113 e. The van der Waals surface area contributed by atoms with Crippen LogP contribution in [-0.4, -0.2) is 49.5 Å². The molecule has 0 aliphatic heterocycles. The molecule has 18 heavy (non-hydrogen) atoms. The summed E-state index contributed by atoms with van der Waals surface area (Å²) in [7, 11) is 9.70. The summed E-state index contributed by atoms with van der Waals surface area (Å²) >= 11 is 0. The van der Waals surface area contributed by atoms with E-state index in [1.165, 1.54) is 0 Å². The molecule has 100 valence electrons. The maximum Gasteiger partial charge on any atom is 0.113 e. The Hall–Kier alpha value is -1.17. The number of nitrogens with zero attached hydrogens (tertiary/aromatic N) is 1. The van der Waals surface area contributed by atoms with Crippen LogP contribution in [0.25, 0.3) is 0 Å². The zero-order valence-corrected chi connectivity index (χ0v) is 11.3. The lowest BCUT2D eigenvalue weighted by molar-refractivity contribution is 0.320. The van der Waals surface area contributed by atoms with Crippen LogP contribution in [-0.2, 0) is 6.42 Å². The van der Waals surface area contributed by atoms with Gasteiger partial charge in [0.05, 0.1) is 0 Å². The van der Waals surface area contributed by atoms with Crippen LogP contribution in [0.2, 0.25) is 0 Å². The SMILES string of the molecule is O.O.[B]c1ccc(CC(=N)C[C@@H](C)N(C)C)cc1. The molecule has 0 fully saturated rings. The number of nitrogens with one attached hydrogen (secondary N) is 1. The van der Waals surface area contributed by atoms with Gasteiger partial charge in [-0.25, -0.2) is 0 Å². The van der Waals surface area contributed by atoms with Gasteiger partial charge >= 0.3 is 0 Å². The molecule has 0 unspecified atom stereocenters. The molecular weight excluding hydrogens is 227 g/mol. The first kappa shape index (κ1) is 19.2. The van der Waals surface area contributed by atoms with Gasteiger partial charge in [-0.15, -0.1) is 0 Å². The molecule has 2 radical (unpaired) electrons. The van der Waals surface area contributed by atoms with Crippen LogP contribution in [0.4, 0.5) is 0 Å². The van der Waals surface area contributed by atoms with Gasteiger partial charge in [-0.3, -0.25) is 0 Å². The van der Waals surface area contributed by atoms with Crippen LogP contribution in [0.5, 0.6) is 0 Å². The minimum Gasteiger partial charge on any atom is -0.412 e. The summed E-state index contributed by atoms with van der Waals surface area (Å²) in [6.45, 7) is 2.14. The van der Waals surface area contributed by atoms with Crippen molar-refractivity contribution in [3.8, 4) is 0 Å². The van der Waals surface area contributed by atoms with Crippen molar-refractivity contribution in [3.63, 3.8) is 0 Å². The van der Waals surface area contributed by atoms with Crippen molar-refractivity contribution in [1.82, 2.24) is 4.90 Å². The fourth-order valence-electron chi connectivity index (χ4n) is 1.49. The monoisotopic (exact) mass is 250 g/mol. The normalized spacial score (nSPS) is 11.3. The van der Waals surface area contributed by atoms with Crippen molar-refractivity contribution in [3.05, 3.63) is 29.8 Å². The molecule has 1 aromatic rings. The van der Waals surface area contributed by atoms with E-state index < -0.39 is 0 Å². The zero-order valence-electron chi connectivity index (χ0n) is 11.3. The average Bonchev–Trinajstić information content (AvgIpc) is 2.21. The molecule has 0 amide bonds. The highest BCUT2D eigenvalue weighted by Crippen LogP contribution is 2.05. The lowest BCUT2D eigenvalue weighted by Gasteiger charge is -2.19. The summed E-state index contributed by atoms with van der Waals surface area (Å²) in [5.41, 5.74) is 2.70. The lowest BCUT2D eigenvalue weighted by atomic mass is 9.94. The van der Waals surface area contributed by atoms with E-state index in [0.29, 0.717) is 6.04 Å². The van der Waals surface area contributed by atoms with E-state index in [0.717, 1.165) is 29.6 Å². The summed E-state index contributed by atoms with van der Waals surface area (Å²) in [6, 6.07) is 8.17. The summed E-state index contributed by atoms with van der Waals surface area (Å²) in [5.74, 6) is 0. The highest BCUT2D eigenvalue weighted by Gasteiger charge is 2.08. The third kappa shape index (κ3) is 6.54. The van der Waals surface area contributed by atoms with E-state index in [2.05, 4.69) is 11.8 Å². The Labute approximate surface area is 111 Å². The first-order valence-corrected chi connectivity index (χ1v) is 5.56. The van der Waals surface area contributed by atoms with Crippen molar-refractivity contribution in [2.24, 2.45) is 0 Å². The minimum atomic E-state index is 0. The highest BCUT2D eigenvalue weighted by atomic mass is 16.0. The molecule has 1 aromatic carbocycles. The molecule has 0 heterocycles. The fraction of sp³-hybridized carbons (Fsp3) is 0.462. The number of hydrogen-bond donors (Lipinski definition) is 1. The summed E-state index contributed by atoms with van der Waals surface area (Å²) in [4.78, 5) is 2.14. The second-order valence-corrected chi connectivity index (χ2v) is 4.54. The van der Waals surface area contributed by atoms with Crippen molar-refractivity contribution < 1.29 is 11.0 Å². The van der Waals surface area contributed by atoms with E-state index >= 15 is 0 Å². The molecule has 0 aromatic heterocycles. The lowest BCUT2D eigenvalue weighted by Crippen LogP contribution is -2.27. The molecule has 5 N–H and O–H groups in total. The first-order chi connectivity index (χ1) is 7.49. The van der Waals surface area contributed by atoms with Gasteiger partial charge in [-0.05, 0) is 26.6 Å².